The van der Waals surface area contributed by atoms with Gasteiger partial charge in [-0.1, -0.05) is 6.07 Å². The van der Waals surface area contributed by atoms with E-state index in [0.29, 0.717) is 11.4 Å². The molecule has 176 valence electrons. The van der Waals surface area contributed by atoms with E-state index in [4.69, 9.17) is 5.26 Å². The molecular weight excluding hydrogens is 463 g/mol. The van der Waals surface area contributed by atoms with Gasteiger partial charge < -0.3 is 4.98 Å². The number of H-pyrrole nitrogens is 1. The van der Waals surface area contributed by atoms with Crippen LogP contribution in [0.3, 0.4) is 0 Å². The lowest BCUT2D eigenvalue weighted by atomic mass is 9.79. The van der Waals surface area contributed by atoms with Gasteiger partial charge in [0.25, 0.3) is 5.56 Å². The van der Waals surface area contributed by atoms with Crippen molar-refractivity contribution in [3.05, 3.63) is 69.4 Å². The Morgan fingerprint density at radius 2 is 1.97 bits per heavy atom. The van der Waals surface area contributed by atoms with Crippen LogP contribution in [0.2, 0.25) is 0 Å². The minimum atomic E-state index is -4.57. The fourth-order valence-corrected chi connectivity index (χ4v) is 4.25. The Kier molecular flexibility index (Phi) is 5.13. The zero-order valence-electron chi connectivity index (χ0n) is 18.2. The Balaban J connectivity index is 1.56. The molecule has 0 spiro atoms. The van der Waals surface area contributed by atoms with Gasteiger partial charge in [-0.2, -0.15) is 33.9 Å². The summed E-state index contributed by atoms with van der Waals surface area (Å²) in [5.41, 5.74) is -0.864. The first-order valence-electron chi connectivity index (χ1n) is 10.6. The van der Waals surface area contributed by atoms with E-state index < -0.39 is 23.5 Å². The van der Waals surface area contributed by atoms with E-state index in [1.165, 1.54) is 10.7 Å². The number of nitrogens with one attached hydrogen (secondary N) is 1. The highest BCUT2D eigenvalue weighted by molar-refractivity contribution is 5.80. The van der Waals surface area contributed by atoms with Crippen molar-refractivity contribution in [3.63, 3.8) is 0 Å². The molecule has 1 saturated carbocycles. The number of alkyl halides is 3. The molecule has 4 heterocycles. The third-order valence-corrected chi connectivity index (χ3v) is 6.26. The highest BCUT2D eigenvalue weighted by atomic mass is 19.4. The standard InChI is InChI=1S/C22H16F3N9O/c1-11(12-2-5-17(28-10-12)22(23,24)25)34-20-18(15(9-27)32-34)21(35)30-19(29-20)14-3-4-16(14)33-7-6-13(8-26)31-33/h2,5-7,10-11,14,16H,3-4H2,1H3,(H,29,30,35)/t11-,14-,16-/m0/s1. The Labute approximate surface area is 195 Å². The number of rotatable bonds is 4. The summed E-state index contributed by atoms with van der Waals surface area (Å²) in [4.78, 5) is 23.8. The summed E-state index contributed by atoms with van der Waals surface area (Å²) < 4.78 is 41.7. The average Bonchev–Trinajstić information content (AvgIpc) is 3.42. The Morgan fingerprint density at radius 1 is 1.17 bits per heavy atom. The van der Waals surface area contributed by atoms with Crippen LogP contribution in [-0.4, -0.2) is 34.5 Å². The topological polar surface area (TPSA) is 142 Å². The summed E-state index contributed by atoms with van der Waals surface area (Å²) in [6.07, 6.45) is -0.287. The molecule has 3 atom stereocenters. The van der Waals surface area contributed by atoms with E-state index in [1.54, 1.807) is 23.9 Å². The molecule has 1 N–H and O–H groups in total. The van der Waals surface area contributed by atoms with Gasteiger partial charge >= 0.3 is 6.18 Å². The summed E-state index contributed by atoms with van der Waals surface area (Å²) in [5.74, 6) is 0.201. The number of nitrogens with zero attached hydrogens (tertiary/aromatic N) is 8. The van der Waals surface area contributed by atoms with Crippen molar-refractivity contribution in [1.29, 1.82) is 10.5 Å². The molecule has 1 aliphatic rings. The zero-order chi connectivity index (χ0) is 24.9. The summed E-state index contributed by atoms with van der Waals surface area (Å²) in [5, 5.41) is 27.0. The first-order chi connectivity index (χ1) is 16.7. The number of hydrogen-bond acceptors (Lipinski definition) is 7. The van der Waals surface area contributed by atoms with Crippen molar-refractivity contribution in [2.45, 2.75) is 43.9 Å². The van der Waals surface area contributed by atoms with Gasteiger partial charge in [0.05, 0.1) is 12.1 Å². The molecule has 0 saturated heterocycles. The maximum absolute atomic E-state index is 12.9. The maximum atomic E-state index is 12.9. The van der Waals surface area contributed by atoms with Gasteiger partial charge in [0.1, 0.15) is 29.0 Å². The molecule has 10 nitrogen and oxygen atoms in total. The molecule has 5 rings (SSSR count). The fraction of sp³-hybridized carbons (Fsp3) is 0.318. The van der Waals surface area contributed by atoms with Gasteiger partial charge in [-0.3, -0.25) is 14.5 Å². The van der Waals surface area contributed by atoms with Gasteiger partial charge in [-0.15, -0.1) is 0 Å². The van der Waals surface area contributed by atoms with Gasteiger partial charge in [-0.25, -0.2) is 9.67 Å². The summed E-state index contributed by atoms with van der Waals surface area (Å²) in [7, 11) is 0. The average molecular weight is 479 g/mol. The van der Waals surface area contributed by atoms with Crippen LogP contribution in [0.5, 0.6) is 0 Å². The van der Waals surface area contributed by atoms with Crippen LogP contribution in [0.1, 0.15) is 66.2 Å². The summed E-state index contributed by atoms with van der Waals surface area (Å²) >= 11 is 0. The molecule has 35 heavy (non-hydrogen) atoms. The van der Waals surface area contributed by atoms with E-state index in [9.17, 15) is 23.2 Å². The van der Waals surface area contributed by atoms with E-state index >= 15 is 0 Å². The largest absolute Gasteiger partial charge is 0.433 e. The predicted molar refractivity (Wildman–Crippen MR) is 114 cm³/mol. The Morgan fingerprint density at radius 3 is 2.54 bits per heavy atom. The van der Waals surface area contributed by atoms with Crippen molar-refractivity contribution in [1.82, 2.24) is 34.5 Å². The van der Waals surface area contributed by atoms with Crippen LogP contribution in [0.25, 0.3) is 11.0 Å². The van der Waals surface area contributed by atoms with Crippen molar-refractivity contribution >= 4 is 11.0 Å². The van der Waals surface area contributed by atoms with E-state index in [2.05, 4.69) is 25.1 Å². The molecule has 4 aromatic heterocycles. The molecule has 0 amide bonds. The highest BCUT2D eigenvalue weighted by Gasteiger charge is 2.37. The fourth-order valence-electron chi connectivity index (χ4n) is 4.25. The molecule has 4 aromatic rings. The van der Waals surface area contributed by atoms with Crippen LogP contribution in [0.4, 0.5) is 13.2 Å². The van der Waals surface area contributed by atoms with Crippen LogP contribution in [0, 0.1) is 22.7 Å². The van der Waals surface area contributed by atoms with E-state index in [1.807, 2.05) is 12.1 Å². The second-order valence-corrected chi connectivity index (χ2v) is 8.25. The molecule has 0 aromatic carbocycles. The predicted octanol–water partition coefficient (Wildman–Crippen LogP) is 3.20. The third-order valence-electron chi connectivity index (χ3n) is 6.26. The minimum Gasteiger partial charge on any atom is -0.309 e. The smallest absolute Gasteiger partial charge is 0.309 e. The number of fused-ring (bicyclic) bond motifs is 1. The Bertz CT molecular complexity index is 1570. The number of aromatic amines is 1. The number of nitriles is 2. The van der Waals surface area contributed by atoms with Crippen molar-refractivity contribution in [3.8, 4) is 12.1 Å². The van der Waals surface area contributed by atoms with Crippen LogP contribution in [-0.2, 0) is 6.18 Å². The lowest BCUT2D eigenvalue weighted by Crippen LogP contribution is -2.31. The number of pyridine rings is 1. The van der Waals surface area contributed by atoms with Gasteiger partial charge in [0, 0.05) is 18.3 Å². The number of hydrogen-bond donors (Lipinski definition) is 1. The zero-order valence-corrected chi connectivity index (χ0v) is 18.2. The van der Waals surface area contributed by atoms with Crippen LogP contribution < -0.4 is 5.56 Å². The first-order valence-corrected chi connectivity index (χ1v) is 10.6. The molecule has 1 fully saturated rings. The SMILES string of the molecule is C[C@@H](c1ccc(C(F)(F)F)nc1)n1nc(C#N)c2c(=O)[nH]c([C@H]3CC[C@@H]3n3ccc(C#N)n3)nc21. The molecule has 0 unspecified atom stereocenters. The molecule has 0 bridgehead atoms. The van der Waals surface area contributed by atoms with Crippen LogP contribution in [0.15, 0.2) is 35.4 Å². The number of halogens is 3. The summed E-state index contributed by atoms with van der Waals surface area (Å²) in [6, 6.07) is 6.85. The lowest BCUT2D eigenvalue weighted by Gasteiger charge is -2.35. The van der Waals surface area contributed by atoms with Crippen LogP contribution >= 0.6 is 0 Å². The van der Waals surface area contributed by atoms with E-state index in [0.717, 1.165) is 25.1 Å². The second-order valence-electron chi connectivity index (χ2n) is 8.25. The third kappa shape index (κ3) is 3.71. The maximum Gasteiger partial charge on any atom is 0.433 e. The molecular formula is C22H16F3N9O. The van der Waals surface area contributed by atoms with E-state index in [-0.39, 0.29) is 34.4 Å². The van der Waals surface area contributed by atoms with Gasteiger partial charge in [0.15, 0.2) is 17.0 Å². The van der Waals surface area contributed by atoms with Crippen molar-refractivity contribution in [2.75, 3.05) is 0 Å². The summed E-state index contributed by atoms with van der Waals surface area (Å²) in [6.45, 7) is 1.67. The normalized spacial score (nSPS) is 18.6. The second kappa shape index (κ2) is 8.06. The first kappa shape index (κ1) is 22.3. The monoisotopic (exact) mass is 479 g/mol. The molecule has 1 aliphatic carbocycles. The molecule has 13 heteroatoms. The van der Waals surface area contributed by atoms with Gasteiger partial charge in [-0.05, 0) is 37.5 Å². The quantitative estimate of drug-likeness (QED) is 0.474. The van der Waals surface area contributed by atoms with Gasteiger partial charge in [0.2, 0.25) is 0 Å². The highest BCUT2D eigenvalue weighted by Crippen LogP contribution is 2.44. The molecule has 0 aliphatic heterocycles. The van der Waals surface area contributed by atoms with Crippen molar-refractivity contribution < 1.29 is 13.2 Å². The Hall–Kier alpha value is -4.52. The number of aromatic nitrogens is 7. The molecule has 0 radical (unpaired) electrons. The lowest BCUT2D eigenvalue weighted by molar-refractivity contribution is -0.141. The van der Waals surface area contributed by atoms with Crippen molar-refractivity contribution in [2.24, 2.45) is 0 Å². The minimum absolute atomic E-state index is 0.00435.